The smallest absolute Gasteiger partial charge is 0.401 e. The summed E-state index contributed by atoms with van der Waals surface area (Å²) in [6.07, 6.45) is -2.11. The van der Waals surface area contributed by atoms with Crippen LogP contribution in [0.25, 0.3) is 10.9 Å². The zero-order chi connectivity index (χ0) is 27.3. The fourth-order valence-electron chi connectivity index (χ4n) is 4.72. The molecule has 1 aliphatic heterocycles. The van der Waals surface area contributed by atoms with Crippen molar-refractivity contribution in [2.45, 2.75) is 31.9 Å². The predicted molar refractivity (Wildman–Crippen MR) is 134 cm³/mol. The fraction of sp³-hybridized carbons (Fsp3) is 0.400. The standard InChI is InChI=1S/C25H25F5N8O/c1-13-8-15-22(27)18(9-16(26)23(15)31-13)39-24-33-19(32-20-10-17(35-36-20)14-2-3-14)11-21(34-24)38-6-4-37(5-7-38)12-25(28,29)30/h8-11,14,31H,2-7,12H2,1H3,(H2,32,33,34,35,36). The van der Waals surface area contributed by atoms with Gasteiger partial charge in [0.25, 0.3) is 0 Å². The number of rotatable bonds is 7. The lowest BCUT2D eigenvalue weighted by Gasteiger charge is -2.35. The minimum absolute atomic E-state index is 0.0242. The van der Waals surface area contributed by atoms with E-state index in [-0.39, 0.29) is 48.9 Å². The van der Waals surface area contributed by atoms with Gasteiger partial charge in [-0.2, -0.15) is 28.2 Å². The second-order valence-corrected chi connectivity index (χ2v) is 9.89. The number of benzene rings is 1. The fourth-order valence-corrected chi connectivity index (χ4v) is 4.72. The maximum absolute atomic E-state index is 15.2. The van der Waals surface area contributed by atoms with Crippen LogP contribution >= 0.6 is 0 Å². The van der Waals surface area contributed by atoms with Crippen LogP contribution in [0.3, 0.4) is 0 Å². The van der Waals surface area contributed by atoms with Gasteiger partial charge in [-0.15, -0.1) is 0 Å². The number of piperazine rings is 1. The molecule has 4 heterocycles. The van der Waals surface area contributed by atoms with E-state index in [1.54, 1.807) is 17.9 Å². The normalized spacial score (nSPS) is 16.7. The Balaban J connectivity index is 1.29. The molecule has 1 aromatic carbocycles. The summed E-state index contributed by atoms with van der Waals surface area (Å²) in [7, 11) is 0. The Morgan fingerprint density at radius 3 is 2.51 bits per heavy atom. The van der Waals surface area contributed by atoms with E-state index in [1.807, 2.05) is 6.07 Å². The predicted octanol–water partition coefficient (Wildman–Crippen LogP) is 5.37. The van der Waals surface area contributed by atoms with E-state index in [9.17, 15) is 17.6 Å². The van der Waals surface area contributed by atoms with Gasteiger partial charge in [-0.05, 0) is 25.8 Å². The molecule has 206 valence electrons. The highest BCUT2D eigenvalue weighted by Gasteiger charge is 2.32. The van der Waals surface area contributed by atoms with Crippen molar-refractivity contribution < 1.29 is 26.7 Å². The first-order valence-corrected chi connectivity index (χ1v) is 12.5. The third kappa shape index (κ3) is 5.60. The highest BCUT2D eigenvalue weighted by molar-refractivity contribution is 5.83. The Morgan fingerprint density at radius 1 is 1.03 bits per heavy atom. The van der Waals surface area contributed by atoms with Gasteiger partial charge in [-0.1, -0.05) is 0 Å². The number of aromatic nitrogens is 5. The molecule has 0 radical (unpaired) electrons. The highest BCUT2D eigenvalue weighted by Crippen LogP contribution is 2.40. The molecule has 0 amide bonds. The van der Waals surface area contributed by atoms with Crippen LogP contribution in [0.1, 0.15) is 30.1 Å². The Morgan fingerprint density at radius 2 is 1.79 bits per heavy atom. The molecular weight excluding hydrogens is 523 g/mol. The van der Waals surface area contributed by atoms with Crippen LogP contribution in [0, 0.1) is 18.6 Å². The molecule has 6 rings (SSSR count). The number of anilines is 3. The zero-order valence-corrected chi connectivity index (χ0v) is 20.9. The van der Waals surface area contributed by atoms with Gasteiger partial charge in [0.2, 0.25) is 0 Å². The summed E-state index contributed by atoms with van der Waals surface area (Å²) in [6, 6.07) is 5.62. The average molecular weight is 549 g/mol. The van der Waals surface area contributed by atoms with E-state index in [2.05, 4.69) is 30.5 Å². The molecule has 9 nitrogen and oxygen atoms in total. The summed E-state index contributed by atoms with van der Waals surface area (Å²) in [5.41, 5.74) is 1.60. The summed E-state index contributed by atoms with van der Waals surface area (Å²) < 4.78 is 74.0. The largest absolute Gasteiger partial charge is 0.421 e. The second-order valence-electron chi connectivity index (χ2n) is 9.89. The van der Waals surface area contributed by atoms with Crippen molar-refractivity contribution in [3.63, 3.8) is 0 Å². The first-order valence-electron chi connectivity index (χ1n) is 12.5. The lowest BCUT2D eigenvalue weighted by molar-refractivity contribution is -0.146. The second kappa shape index (κ2) is 9.67. The van der Waals surface area contributed by atoms with Crippen molar-refractivity contribution in [1.29, 1.82) is 0 Å². The summed E-state index contributed by atoms with van der Waals surface area (Å²) in [6.45, 7) is 1.60. The molecule has 1 aliphatic carbocycles. The maximum atomic E-state index is 15.2. The van der Waals surface area contributed by atoms with Gasteiger partial charge in [0.1, 0.15) is 11.6 Å². The van der Waals surface area contributed by atoms with Crippen LogP contribution in [0.4, 0.5) is 39.4 Å². The van der Waals surface area contributed by atoms with Crippen LogP contribution < -0.4 is 15.0 Å². The van der Waals surface area contributed by atoms with Crippen molar-refractivity contribution in [3.05, 3.63) is 47.3 Å². The Hall–Kier alpha value is -3.94. The molecule has 1 saturated heterocycles. The third-order valence-corrected chi connectivity index (χ3v) is 6.77. The number of nitrogens with zero attached hydrogens (tertiary/aromatic N) is 5. The van der Waals surface area contributed by atoms with Crippen LogP contribution in [0.5, 0.6) is 11.8 Å². The molecule has 0 atom stereocenters. The average Bonchev–Trinajstić information content (AvgIpc) is 3.49. The number of fused-ring (bicyclic) bond motifs is 1. The number of nitrogens with one attached hydrogen (secondary N) is 3. The number of halogens is 5. The van der Waals surface area contributed by atoms with Gasteiger partial charge in [0.15, 0.2) is 23.2 Å². The van der Waals surface area contributed by atoms with Crippen LogP contribution in [-0.2, 0) is 0 Å². The van der Waals surface area contributed by atoms with E-state index < -0.39 is 30.1 Å². The van der Waals surface area contributed by atoms with E-state index in [0.717, 1.165) is 24.6 Å². The van der Waals surface area contributed by atoms with Crippen LogP contribution in [0.15, 0.2) is 24.3 Å². The lowest BCUT2D eigenvalue weighted by atomic mass is 10.2. The SMILES string of the molecule is Cc1cc2c(F)c(Oc3nc(Nc4cc(C5CC5)[nH]n4)cc(N4CCN(CC(F)(F)F)CC4)n3)cc(F)c2[nH]1. The van der Waals surface area contributed by atoms with E-state index in [4.69, 9.17) is 4.74 Å². The molecule has 0 unspecified atom stereocenters. The van der Waals surface area contributed by atoms with Gasteiger partial charge in [-0.3, -0.25) is 10.00 Å². The van der Waals surface area contributed by atoms with E-state index >= 15 is 4.39 Å². The number of hydrogen-bond acceptors (Lipinski definition) is 7. The molecule has 0 spiro atoms. The minimum Gasteiger partial charge on any atom is -0.421 e. The van der Waals surface area contributed by atoms with Crippen LogP contribution in [0.2, 0.25) is 0 Å². The topological polar surface area (TPSA) is 98.0 Å². The zero-order valence-electron chi connectivity index (χ0n) is 20.9. The van der Waals surface area contributed by atoms with Gasteiger partial charge in [0.05, 0.1) is 12.1 Å². The Labute approximate surface area is 219 Å². The quantitative estimate of drug-likeness (QED) is 0.267. The Bertz CT molecular complexity index is 1500. The highest BCUT2D eigenvalue weighted by atomic mass is 19.4. The van der Waals surface area contributed by atoms with Crippen molar-refractivity contribution in [2.24, 2.45) is 0 Å². The molecule has 39 heavy (non-hydrogen) atoms. The van der Waals surface area contributed by atoms with Gasteiger partial charge >= 0.3 is 12.2 Å². The number of ether oxygens (including phenoxy) is 1. The lowest BCUT2D eigenvalue weighted by Crippen LogP contribution is -2.49. The molecule has 14 heteroatoms. The van der Waals surface area contributed by atoms with E-state index in [1.165, 1.54) is 11.0 Å². The minimum atomic E-state index is -4.28. The van der Waals surface area contributed by atoms with Crippen molar-refractivity contribution in [3.8, 4) is 11.8 Å². The third-order valence-electron chi connectivity index (χ3n) is 6.77. The number of aryl methyl sites for hydroxylation is 1. The molecule has 3 N–H and O–H groups in total. The molecular formula is C25H25F5N8O. The van der Waals surface area contributed by atoms with Crippen molar-refractivity contribution in [2.75, 3.05) is 42.9 Å². The monoisotopic (exact) mass is 548 g/mol. The van der Waals surface area contributed by atoms with Crippen LogP contribution in [-0.4, -0.2) is 68.9 Å². The molecule has 4 aromatic rings. The number of alkyl halides is 3. The maximum Gasteiger partial charge on any atom is 0.401 e. The molecule has 0 bridgehead atoms. The van der Waals surface area contributed by atoms with Crippen molar-refractivity contribution in [1.82, 2.24) is 30.0 Å². The number of aromatic amines is 2. The number of hydrogen-bond donors (Lipinski definition) is 3. The van der Waals surface area contributed by atoms with Gasteiger partial charge in [-0.25, -0.2) is 8.78 Å². The number of H-pyrrole nitrogens is 2. The first-order chi connectivity index (χ1) is 18.6. The molecule has 2 aliphatic rings. The summed E-state index contributed by atoms with van der Waals surface area (Å²) >= 11 is 0. The summed E-state index contributed by atoms with van der Waals surface area (Å²) in [5, 5.41) is 10.4. The molecule has 2 fully saturated rings. The Kier molecular flexibility index (Phi) is 6.28. The summed E-state index contributed by atoms with van der Waals surface area (Å²) in [5.74, 6) is -0.273. The van der Waals surface area contributed by atoms with Gasteiger partial charge in [0, 0.05) is 67.1 Å². The van der Waals surface area contributed by atoms with Gasteiger partial charge < -0.3 is 19.9 Å². The first kappa shape index (κ1) is 25.3. The van der Waals surface area contributed by atoms with E-state index in [0.29, 0.717) is 23.2 Å². The molecule has 1 saturated carbocycles. The summed E-state index contributed by atoms with van der Waals surface area (Å²) in [4.78, 5) is 14.6. The van der Waals surface area contributed by atoms with Crippen molar-refractivity contribution >= 4 is 28.4 Å². The molecule has 3 aromatic heterocycles.